The molecule has 28 heteroatoms. The fraction of sp³-hybridized carbons (Fsp3) is 0.867. The molecule has 13 N–H and O–H groups in total. The SMILES string of the molecule is C/C=C(/C)C(=O)O[C@H]1[C@H](O)[C@]2(COC(C)=O)[C@H](O)C[C@]3(C)C(=CC[C@@H]4[C@@]5(C)CC[C@H](O[C@H]6O[C@H](C(=O)O)[C@@H](O)[C@H](O[C@@H]7OC[C@H](O)[C@H](O)[C@H]7O[C@@H]7OC[C@@H](O)[C@H](O)[C@H]7O)[C@H]6O[C@@H]6O[C@H](CO)[C@@H](O)[C@H](O)[C@H]6O)[C@@](C)(C(=O)OC)[C@@H]5CC[C@]43C)[C@@H]2CC1(C)C. The molecule has 30 atom stereocenters. The molecule has 8 fully saturated rings. The average Bonchev–Trinajstić information content (AvgIpc) is 0.672. The highest BCUT2D eigenvalue weighted by Gasteiger charge is 2.75. The van der Waals surface area contributed by atoms with Gasteiger partial charge in [0.1, 0.15) is 98.2 Å². The number of carbonyl (C=O) groups is 4. The summed E-state index contributed by atoms with van der Waals surface area (Å²) in [5, 5.41) is 145. The monoisotopic (exact) mass is 1260 g/mol. The van der Waals surface area contributed by atoms with E-state index in [-0.39, 0.29) is 25.4 Å². The maximum atomic E-state index is 15.0. The first kappa shape index (κ1) is 68.9. The summed E-state index contributed by atoms with van der Waals surface area (Å²) in [6, 6.07) is 0. The summed E-state index contributed by atoms with van der Waals surface area (Å²) in [4.78, 5) is 54.2. The van der Waals surface area contributed by atoms with Crippen molar-refractivity contribution in [2.24, 2.45) is 50.2 Å². The maximum Gasteiger partial charge on any atom is 0.335 e. The molecule has 0 spiro atoms. The lowest BCUT2D eigenvalue weighted by Crippen LogP contribution is -2.72. The number of hydrogen-bond donors (Lipinski definition) is 13. The Morgan fingerprint density at radius 1 is 0.682 bits per heavy atom. The average molecular weight is 1260 g/mol. The third-order valence-electron chi connectivity index (χ3n) is 22.5. The van der Waals surface area contributed by atoms with Crippen LogP contribution >= 0.6 is 0 Å². The number of esters is 3. The highest BCUT2D eigenvalue weighted by atomic mass is 16.8. The first-order chi connectivity index (χ1) is 41.1. The summed E-state index contributed by atoms with van der Waals surface area (Å²) in [5.74, 6) is -5.15. The molecule has 9 aliphatic rings. The van der Waals surface area contributed by atoms with E-state index in [1.807, 2.05) is 13.8 Å². The van der Waals surface area contributed by atoms with Gasteiger partial charge >= 0.3 is 23.9 Å². The van der Waals surface area contributed by atoms with Crippen LogP contribution in [0.4, 0.5) is 0 Å². The lowest BCUT2D eigenvalue weighted by Gasteiger charge is -2.72. The fourth-order valence-corrected chi connectivity index (χ4v) is 17.2. The summed E-state index contributed by atoms with van der Waals surface area (Å²) in [6.45, 7) is 13.9. The summed E-state index contributed by atoms with van der Waals surface area (Å²) in [7, 11) is 1.20. The van der Waals surface area contributed by atoms with Crippen molar-refractivity contribution in [3.05, 3.63) is 23.3 Å². The van der Waals surface area contributed by atoms with Crippen LogP contribution in [0.5, 0.6) is 0 Å². The molecule has 4 heterocycles. The van der Waals surface area contributed by atoms with Gasteiger partial charge in [0, 0.05) is 17.9 Å². The van der Waals surface area contributed by atoms with Crippen molar-refractivity contribution in [2.45, 2.75) is 242 Å². The second-order valence-corrected chi connectivity index (χ2v) is 27.6. The Labute approximate surface area is 509 Å². The molecule has 9 rings (SSSR count). The molecule has 500 valence electrons. The number of aliphatic carboxylic acids is 1. The molecule has 0 aromatic carbocycles. The smallest absolute Gasteiger partial charge is 0.335 e. The van der Waals surface area contributed by atoms with E-state index in [1.165, 1.54) is 14.0 Å². The Hall–Kier alpha value is -3.44. The van der Waals surface area contributed by atoms with E-state index >= 15 is 0 Å². The van der Waals surface area contributed by atoms with Gasteiger partial charge in [0.25, 0.3) is 0 Å². The predicted molar refractivity (Wildman–Crippen MR) is 295 cm³/mol. The zero-order valence-corrected chi connectivity index (χ0v) is 51.3. The van der Waals surface area contributed by atoms with Crippen LogP contribution in [-0.4, -0.2) is 259 Å². The molecule has 0 bridgehead atoms. The van der Waals surface area contributed by atoms with E-state index < -0.39 is 223 Å². The van der Waals surface area contributed by atoms with E-state index in [0.717, 1.165) is 5.57 Å². The van der Waals surface area contributed by atoms with Crippen molar-refractivity contribution >= 4 is 23.9 Å². The van der Waals surface area contributed by atoms with Gasteiger partial charge in [-0.1, -0.05) is 52.3 Å². The molecule has 0 amide bonds. The molecule has 0 aromatic heterocycles. The number of rotatable bonds is 15. The second kappa shape index (κ2) is 25.5. The summed E-state index contributed by atoms with van der Waals surface area (Å²) in [6.07, 6.45) is -34.4. The standard InChI is InChI=1S/C60H92O28/c1-11-24(2)49(76)88-47-46(73)60(23-81-25(3)62)27(18-55(47,4)5)26-12-13-31-56(6)16-15-34(59(9,54(77)78-10)32(56)14-17-57(31,7)58(26,8)19-33(60)65)83-53-45(87-51-40(71)38(69)37(68)30(20-61)82-51)42(41(72)43(85-53)48(74)75)84-52-44(36(67)29(64)22-80-52)86-50-39(70)35(66)28(63)21-79-50/h11-12,27-47,50-53,61,63-73H,13-23H2,1-10H3,(H,74,75)/b24-11-/t27-,28+,29-,30+,31+,32+,33+,34-,35-,36-,37+,38-,39+,40+,41-,42-,43-,44+,45+,46-,47-,50-,51-,52-,53-,56+,57+,58+,59-,60-/m0/s1. The Morgan fingerprint density at radius 3 is 1.93 bits per heavy atom. The van der Waals surface area contributed by atoms with E-state index in [2.05, 4.69) is 26.8 Å². The van der Waals surface area contributed by atoms with Gasteiger partial charge < -0.3 is 118 Å². The van der Waals surface area contributed by atoms with Crippen LogP contribution < -0.4 is 0 Å². The van der Waals surface area contributed by atoms with Crippen LogP contribution in [-0.2, 0) is 71.3 Å². The van der Waals surface area contributed by atoms with Gasteiger partial charge in [-0.25, -0.2) is 9.59 Å². The molecule has 0 radical (unpaired) electrons. The molecular formula is C60H92O28. The van der Waals surface area contributed by atoms with Gasteiger partial charge in [-0.3, -0.25) is 9.59 Å². The number of fused-ring (bicyclic) bond motifs is 7. The number of allylic oxidation sites excluding steroid dienone is 3. The van der Waals surface area contributed by atoms with Crippen LogP contribution in [0.25, 0.3) is 0 Å². The van der Waals surface area contributed by atoms with Gasteiger partial charge in [-0.2, -0.15) is 0 Å². The Bertz CT molecular complexity index is 2620. The van der Waals surface area contributed by atoms with Gasteiger partial charge in [0.2, 0.25) is 0 Å². The van der Waals surface area contributed by atoms with Gasteiger partial charge in [-0.15, -0.1) is 0 Å². The Kier molecular flexibility index (Phi) is 19.9. The lowest BCUT2D eigenvalue weighted by molar-refractivity contribution is -0.399. The van der Waals surface area contributed by atoms with E-state index in [1.54, 1.807) is 26.8 Å². The van der Waals surface area contributed by atoms with E-state index in [9.17, 15) is 85.6 Å². The van der Waals surface area contributed by atoms with E-state index in [4.69, 9.17) is 52.1 Å². The second-order valence-electron chi connectivity index (χ2n) is 27.6. The largest absolute Gasteiger partial charge is 0.479 e. The minimum Gasteiger partial charge on any atom is -0.479 e. The molecule has 5 aliphatic carbocycles. The topological polar surface area (TPSA) is 433 Å². The van der Waals surface area contributed by atoms with Crippen molar-refractivity contribution in [3.63, 3.8) is 0 Å². The minimum atomic E-state index is -2.31. The molecule has 0 unspecified atom stereocenters. The number of aliphatic hydroxyl groups is 12. The zero-order chi connectivity index (χ0) is 64.9. The van der Waals surface area contributed by atoms with Crippen molar-refractivity contribution in [2.75, 3.05) is 33.5 Å². The van der Waals surface area contributed by atoms with Crippen molar-refractivity contribution in [1.29, 1.82) is 0 Å². The molecule has 4 saturated heterocycles. The van der Waals surface area contributed by atoms with Crippen LogP contribution in [0.15, 0.2) is 23.3 Å². The predicted octanol–water partition coefficient (Wildman–Crippen LogP) is -2.04. The number of hydrogen-bond acceptors (Lipinski definition) is 27. The van der Waals surface area contributed by atoms with Crippen LogP contribution in [0, 0.1) is 50.2 Å². The number of carboxylic acid groups (broad SMARTS) is 1. The van der Waals surface area contributed by atoms with Crippen molar-refractivity contribution < 1.29 is 138 Å². The molecule has 28 nitrogen and oxygen atoms in total. The molecule has 0 aromatic rings. The summed E-state index contributed by atoms with van der Waals surface area (Å²) in [5.41, 5.74) is -4.88. The normalized spacial score (nSPS) is 50.2. The Morgan fingerprint density at radius 2 is 1.31 bits per heavy atom. The quantitative estimate of drug-likeness (QED) is 0.0276. The van der Waals surface area contributed by atoms with Crippen LogP contribution in [0.3, 0.4) is 0 Å². The summed E-state index contributed by atoms with van der Waals surface area (Å²) < 4.78 is 65.8. The Balaban J connectivity index is 1.07. The third-order valence-corrected chi connectivity index (χ3v) is 22.5. The minimum absolute atomic E-state index is 0.0385. The van der Waals surface area contributed by atoms with Crippen LogP contribution in [0.1, 0.15) is 107 Å². The third kappa shape index (κ3) is 11.3. The highest BCUT2D eigenvalue weighted by Crippen LogP contribution is 2.76. The summed E-state index contributed by atoms with van der Waals surface area (Å²) >= 11 is 0. The first-order valence-corrected chi connectivity index (χ1v) is 30.4. The van der Waals surface area contributed by atoms with Gasteiger partial charge in [0.05, 0.1) is 50.0 Å². The highest BCUT2D eigenvalue weighted by molar-refractivity contribution is 5.87. The lowest BCUT2D eigenvalue weighted by atomic mass is 9.33. The number of methoxy groups -OCH3 is 1. The molecule has 4 saturated carbocycles. The number of aliphatic hydroxyl groups excluding tert-OH is 12. The maximum absolute atomic E-state index is 15.0. The molecule has 4 aliphatic heterocycles. The fourth-order valence-electron chi connectivity index (χ4n) is 17.2. The molecule has 88 heavy (non-hydrogen) atoms. The van der Waals surface area contributed by atoms with Gasteiger partial charge in [-0.05, 0) is 99.7 Å². The number of ether oxygens (including phenoxy) is 11. The van der Waals surface area contributed by atoms with Gasteiger partial charge in [0.15, 0.2) is 31.3 Å². The first-order valence-electron chi connectivity index (χ1n) is 30.4. The molecular weight excluding hydrogens is 1170 g/mol. The number of carboxylic acids is 1. The van der Waals surface area contributed by atoms with E-state index in [0.29, 0.717) is 37.7 Å². The van der Waals surface area contributed by atoms with Crippen molar-refractivity contribution in [1.82, 2.24) is 0 Å². The zero-order valence-electron chi connectivity index (χ0n) is 51.3. The number of carbonyl (C=O) groups excluding carboxylic acids is 3. The van der Waals surface area contributed by atoms with Crippen LogP contribution in [0.2, 0.25) is 0 Å². The van der Waals surface area contributed by atoms with Crippen molar-refractivity contribution in [3.8, 4) is 0 Å².